The highest BCUT2D eigenvalue weighted by Crippen LogP contribution is 2.41. The van der Waals surface area contributed by atoms with Gasteiger partial charge in [0.05, 0.1) is 12.1 Å². The number of benzene rings is 1. The lowest BCUT2D eigenvalue weighted by molar-refractivity contribution is -0.122. The minimum atomic E-state index is -1.12. The van der Waals surface area contributed by atoms with Crippen LogP contribution >= 0.6 is 23.2 Å². The van der Waals surface area contributed by atoms with Crippen molar-refractivity contribution in [2.45, 2.75) is 30.8 Å². The minimum Gasteiger partial charge on any atom is -0.274 e. The third-order valence-corrected chi connectivity index (χ3v) is 4.24. The third kappa shape index (κ3) is 1.93. The van der Waals surface area contributed by atoms with Crippen molar-refractivity contribution in [1.29, 1.82) is 0 Å². The van der Waals surface area contributed by atoms with Gasteiger partial charge in [0.2, 0.25) is 5.91 Å². The van der Waals surface area contributed by atoms with Gasteiger partial charge in [0.1, 0.15) is 5.50 Å². The largest absolute Gasteiger partial charge is 0.274 e. The van der Waals surface area contributed by atoms with Crippen LogP contribution < -0.4 is 4.90 Å². The predicted octanol–water partition coefficient (Wildman–Crippen LogP) is 3.07. The van der Waals surface area contributed by atoms with E-state index in [9.17, 15) is 9.59 Å². The molecule has 0 N–H and O–H groups in total. The second kappa shape index (κ2) is 4.53. The zero-order valence-electron chi connectivity index (χ0n) is 10.6. The lowest BCUT2D eigenvalue weighted by Gasteiger charge is -2.18. The second-order valence-electron chi connectivity index (χ2n) is 5.03. The summed E-state index contributed by atoms with van der Waals surface area (Å²) in [5.74, 6) is -0.686. The molecule has 2 amide bonds. The van der Waals surface area contributed by atoms with E-state index in [0.29, 0.717) is 10.7 Å². The molecular formula is C13H11Cl2N3O2. The van der Waals surface area contributed by atoms with Crippen LogP contribution in [-0.4, -0.2) is 22.9 Å². The number of amides is 2. The first-order chi connectivity index (χ1) is 9.43. The van der Waals surface area contributed by atoms with Gasteiger partial charge < -0.3 is 0 Å². The maximum absolute atomic E-state index is 12.5. The summed E-state index contributed by atoms with van der Waals surface area (Å²) in [4.78, 5) is 25.8. The van der Waals surface area contributed by atoms with Crippen LogP contribution in [0.5, 0.6) is 0 Å². The molecule has 1 aromatic rings. The van der Waals surface area contributed by atoms with Crippen molar-refractivity contribution in [1.82, 2.24) is 0 Å². The number of rotatable bonds is 1. The molecule has 2 heterocycles. The number of hydrogen-bond acceptors (Lipinski definition) is 4. The lowest BCUT2D eigenvalue weighted by atomic mass is 9.95. The summed E-state index contributed by atoms with van der Waals surface area (Å²) in [5.41, 5.74) is -0.333. The zero-order valence-corrected chi connectivity index (χ0v) is 12.1. The molecule has 3 rings (SSSR count). The van der Waals surface area contributed by atoms with Crippen molar-refractivity contribution in [3.63, 3.8) is 0 Å². The Balaban J connectivity index is 1.99. The van der Waals surface area contributed by atoms with Crippen LogP contribution in [0.2, 0.25) is 5.02 Å². The van der Waals surface area contributed by atoms with Crippen LogP contribution in [0.1, 0.15) is 18.4 Å². The van der Waals surface area contributed by atoms with Gasteiger partial charge in [0.25, 0.3) is 5.91 Å². The Morgan fingerprint density at radius 1 is 1.40 bits per heavy atom. The Morgan fingerprint density at radius 3 is 2.75 bits per heavy atom. The van der Waals surface area contributed by atoms with Gasteiger partial charge in [-0.25, -0.2) is 4.90 Å². The van der Waals surface area contributed by atoms with Crippen LogP contribution in [0.3, 0.4) is 0 Å². The third-order valence-electron chi connectivity index (χ3n) is 3.59. The van der Waals surface area contributed by atoms with E-state index in [0.717, 1.165) is 10.5 Å². The standard InChI is InChI=1S/C13H11Cl2N3O2/c1-7-2-3-8(4-9(7)14)18-11(19)6-13(12(18)20)5-10(15)16-17-13/h2-4,10H,5-6H2,1H3/t10-,13-/m0/s1. The Hall–Kier alpha value is -1.46. The first kappa shape index (κ1) is 13.5. The van der Waals surface area contributed by atoms with Crippen molar-refractivity contribution in [3.8, 4) is 0 Å². The van der Waals surface area contributed by atoms with Gasteiger partial charge in [-0.15, -0.1) is 0 Å². The van der Waals surface area contributed by atoms with Gasteiger partial charge in [0, 0.05) is 11.4 Å². The number of imide groups is 1. The Bertz CT molecular complexity index is 647. The van der Waals surface area contributed by atoms with Gasteiger partial charge in [-0.05, 0) is 24.6 Å². The summed E-state index contributed by atoms with van der Waals surface area (Å²) in [7, 11) is 0. The highest BCUT2D eigenvalue weighted by molar-refractivity contribution is 6.32. The molecule has 1 spiro atoms. The molecule has 1 aromatic carbocycles. The minimum absolute atomic E-state index is 0.00402. The summed E-state index contributed by atoms with van der Waals surface area (Å²) >= 11 is 11.9. The molecule has 0 bridgehead atoms. The number of alkyl halides is 1. The fourth-order valence-corrected chi connectivity index (χ4v) is 2.95. The van der Waals surface area contributed by atoms with Crippen LogP contribution in [0.4, 0.5) is 5.69 Å². The molecule has 0 radical (unpaired) electrons. The van der Waals surface area contributed by atoms with Crippen LogP contribution in [0.25, 0.3) is 0 Å². The average molecular weight is 312 g/mol. The molecule has 2 atom stereocenters. The van der Waals surface area contributed by atoms with Crippen molar-refractivity contribution < 1.29 is 9.59 Å². The first-order valence-corrected chi connectivity index (χ1v) is 6.94. The van der Waals surface area contributed by atoms with E-state index in [2.05, 4.69) is 10.2 Å². The van der Waals surface area contributed by atoms with Gasteiger partial charge in [0.15, 0.2) is 5.54 Å². The molecule has 20 heavy (non-hydrogen) atoms. The number of nitrogens with zero attached hydrogens (tertiary/aromatic N) is 3. The normalized spacial score (nSPS) is 28.9. The predicted molar refractivity (Wildman–Crippen MR) is 75.1 cm³/mol. The average Bonchev–Trinajstić information content (AvgIpc) is 2.86. The summed E-state index contributed by atoms with van der Waals surface area (Å²) in [6.45, 7) is 1.85. The Kier molecular flexibility index (Phi) is 3.06. The summed E-state index contributed by atoms with van der Waals surface area (Å²) in [5, 5.41) is 8.23. The molecule has 5 nitrogen and oxygen atoms in total. The number of carbonyl (C=O) groups is 2. The van der Waals surface area contributed by atoms with E-state index < -0.39 is 11.0 Å². The molecule has 0 unspecified atom stereocenters. The second-order valence-corrected chi connectivity index (χ2v) is 5.94. The lowest BCUT2D eigenvalue weighted by Crippen LogP contribution is -2.38. The van der Waals surface area contributed by atoms with Crippen molar-refractivity contribution in [2.75, 3.05) is 4.90 Å². The SMILES string of the molecule is Cc1ccc(N2C(=O)C[C@@]3(C[C@@H](Cl)N=N3)C2=O)cc1Cl. The topological polar surface area (TPSA) is 62.1 Å². The van der Waals surface area contributed by atoms with E-state index >= 15 is 0 Å². The molecule has 1 saturated heterocycles. The number of halogens is 2. The van der Waals surface area contributed by atoms with Crippen LogP contribution in [0.15, 0.2) is 28.4 Å². The molecule has 1 fully saturated rings. The molecule has 0 saturated carbocycles. The van der Waals surface area contributed by atoms with Crippen molar-refractivity contribution in [2.24, 2.45) is 10.2 Å². The van der Waals surface area contributed by atoms with E-state index in [1.165, 1.54) is 0 Å². The van der Waals surface area contributed by atoms with Crippen LogP contribution in [-0.2, 0) is 9.59 Å². The van der Waals surface area contributed by atoms with Crippen molar-refractivity contribution in [3.05, 3.63) is 28.8 Å². The van der Waals surface area contributed by atoms with E-state index in [1.54, 1.807) is 18.2 Å². The van der Waals surface area contributed by atoms with Gasteiger partial charge in [-0.3, -0.25) is 9.59 Å². The maximum atomic E-state index is 12.5. The fraction of sp³-hybridized carbons (Fsp3) is 0.385. The van der Waals surface area contributed by atoms with Crippen LogP contribution in [0, 0.1) is 6.92 Å². The summed E-state index contributed by atoms with van der Waals surface area (Å²) in [6, 6.07) is 5.07. The van der Waals surface area contributed by atoms with E-state index in [1.807, 2.05) is 6.92 Å². The Labute approximate surface area is 125 Å². The number of anilines is 1. The molecule has 7 heteroatoms. The van der Waals surface area contributed by atoms with E-state index in [-0.39, 0.29) is 24.7 Å². The zero-order chi connectivity index (χ0) is 14.5. The van der Waals surface area contributed by atoms with E-state index in [4.69, 9.17) is 23.2 Å². The fourth-order valence-electron chi connectivity index (χ4n) is 2.48. The number of carbonyl (C=O) groups excluding carboxylic acids is 2. The van der Waals surface area contributed by atoms with Gasteiger partial charge in [-0.2, -0.15) is 10.2 Å². The molecule has 0 aliphatic carbocycles. The quantitative estimate of drug-likeness (QED) is 0.454. The monoisotopic (exact) mass is 311 g/mol. The number of hydrogen-bond donors (Lipinski definition) is 0. The number of azo groups is 1. The van der Waals surface area contributed by atoms with Crippen molar-refractivity contribution >= 4 is 40.7 Å². The maximum Gasteiger partial charge on any atom is 0.264 e. The Morgan fingerprint density at radius 2 is 2.15 bits per heavy atom. The first-order valence-electron chi connectivity index (χ1n) is 6.13. The molecule has 2 aliphatic rings. The molecule has 104 valence electrons. The summed E-state index contributed by atoms with van der Waals surface area (Å²) < 4.78 is 0. The van der Waals surface area contributed by atoms with Gasteiger partial charge >= 0.3 is 0 Å². The summed E-state index contributed by atoms with van der Waals surface area (Å²) in [6.07, 6.45) is 0.263. The van der Waals surface area contributed by atoms with Gasteiger partial charge in [-0.1, -0.05) is 29.3 Å². The smallest absolute Gasteiger partial charge is 0.264 e. The highest BCUT2D eigenvalue weighted by Gasteiger charge is 2.56. The molecule has 0 aromatic heterocycles. The molecule has 2 aliphatic heterocycles. The highest BCUT2D eigenvalue weighted by atomic mass is 35.5. The molecular weight excluding hydrogens is 301 g/mol. The number of aryl methyl sites for hydroxylation is 1.